The van der Waals surface area contributed by atoms with Crippen LogP contribution in [0.2, 0.25) is 0 Å². The van der Waals surface area contributed by atoms with Gasteiger partial charge < -0.3 is 20.2 Å². The number of piperidine rings is 1. The zero-order chi connectivity index (χ0) is 21.7. The molecule has 5 nitrogen and oxygen atoms in total. The van der Waals surface area contributed by atoms with Gasteiger partial charge in [0.05, 0.1) is 18.3 Å². The number of β-amino-alcohol motifs (C(OH)–C–C–N with tert-alkyl or cyclic N) is 1. The predicted molar refractivity (Wildman–Crippen MR) is 129 cm³/mol. The first-order valence-corrected chi connectivity index (χ1v) is 12.1. The highest BCUT2D eigenvalue weighted by atomic mass is 16.3. The van der Waals surface area contributed by atoms with Gasteiger partial charge in [0.2, 0.25) is 0 Å². The fourth-order valence-corrected chi connectivity index (χ4v) is 5.47. The molecule has 0 aromatic rings. The number of fused-ring (bicyclic) bond motifs is 2. The highest BCUT2D eigenvalue weighted by Gasteiger charge is 2.31. The summed E-state index contributed by atoms with van der Waals surface area (Å²) in [5.41, 5.74) is 9.22. The van der Waals surface area contributed by atoms with Crippen LogP contribution in [0.25, 0.3) is 0 Å². The van der Waals surface area contributed by atoms with Crippen molar-refractivity contribution in [1.82, 2.24) is 15.1 Å². The van der Waals surface area contributed by atoms with Crippen molar-refractivity contribution in [2.75, 3.05) is 26.2 Å². The number of rotatable bonds is 4. The minimum Gasteiger partial charge on any atom is -0.395 e. The smallest absolute Gasteiger partial charge is 0.140 e. The summed E-state index contributed by atoms with van der Waals surface area (Å²) in [7, 11) is 0. The minimum absolute atomic E-state index is 0.256. The lowest BCUT2D eigenvalue weighted by Gasteiger charge is -2.38. The van der Waals surface area contributed by atoms with Crippen LogP contribution in [0.15, 0.2) is 87.0 Å². The second kappa shape index (κ2) is 8.05. The van der Waals surface area contributed by atoms with E-state index in [2.05, 4.69) is 64.8 Å². The van der Waals surface area contributed by atoms with E-state index in [9.17, 15) is 5.11 Å². The number of amidine groups is 1. The molecule has 2 fully saturated rings. The molecule has 1 atom stereocenters. The third-order valence-electron chi connectivity index (χ3n) is 7.67. The molecule has 1 saturated heterocycles. The standard InChI is InChI=1S/C27H32N4O/c1-18-13-23(19-7-9-30(10-8-19)11-12-32)17-31-26(20-3-2-4-20)15-25(29-27(18)31)21-5-6-24-22(14-21)16-28-24/h5-6,13-17,19,24,28,32H,2-4,7-12H2,1H3. The van der Waals surface area contributed by atoms with Gasteiger partial charge in [0.1, 0.15) is 5.84 Å². The van der Waals surface area contributed by atoms with E-state index in [0.29, 0.717) is 12.0 Å². The highest BCUT2D eigenvalue weighted by Crippen LogP contribution is 2.40. The van der Waals surface area contributed by atoms with Crippen LogP contribution in [-0.4, -0.2) is 53.0 Å². The van der Waals surface area contributed by atoms with Gasteiger partial charge in [-0.3, -0.25) is 0 Å². The van der Waals surface area contributed by atoms with Crippen LogP contribution >= 0.6 is 0 Å². The number of aliphatic hydroxyl groups is 1. The first-order chi connectivity index (χ1) is 15.7. The van der Waals surface area contributed by atoms with Crippen molar-refractivity contribution in [1.29, 1.82) is 0 Å². The number of hydrogen-bond acceptors (Lipinski definition) is 5. The van der Waals surface area contributed by atoms with Crippen molar-refractivity contribution in [2.45, 2.75) is 45.1 Å². The maximum absolute atomic E-state index is 9.25. The van der Waals surface area contributed by atoms with Crippen molar-refractivity contribution in [3.63, 3.8) is 0 Å². The van der Waals surface area contributed by atoms with E-state index in [0.717, 1.165) is 44.0 Å². The van der Waals surface area contributed by atoms with Crippen LogP contribution in [0.5, 0.6) is 0 Å². The maximum atomic E-state index is 9.25. The lowest BCUT2D eigenvalue weighted by atomic mass is 9.85. The quantitative estimate of drug-likeness (QED) is 0.713. The zero-order valence-electron chi connectivity index (χ0n) is 18.8. The molecule has 0 radical (unpaired) electrons. The topological polar surface area (TPSA) is 51.1 Å². The molecule has 32 heavy (non-hydrogen) atoms. The Hall–Kier alpha value is -2.63. The largest absolute Gasteiger partial charge is 0.395 e. The molecule has 2 N–H and O–H groups in total. The maximum Gasteiger partial charge on any atom is 0.140 e. The van der Waals surface area contributed by atoms with Crippen LogP contribution < -0.4 is 5.32 Å². The fraction of sp³-hybridized carbons (Fsp3) is 0.444. The van der Waals surface area contributed by atoms with Gasteiger partial charge in [-0.15, -0.1) is 0 Å². The van der Waals surface area contributed by atoms with E-state index in [1.807, 2.05) is 0 Å². The van der Waals surface area contributed by atoms with Gasteiger partial charge in [-0.1, -0.05) is 18.2 Å². The Kier molecular flexibility index (Phi) is 5.04. The number of aliphatic hydroxyl groups excluding tert-OH is 1. The van der Waals surface area contributed by atoms with Crippen molar-refractivity contribution in [2.24, 2.45) is 10.9 Å². The van der Waals surface area contributed by atoms with E-state index >= 15 is 0 Å². The summed E-state index contributed by atoms with van der Waals surface area (Å²) in [5.74, 6) is 1.66. The van der Waals surface area contributed by atoms with Crippen LogP contribution in [0.1, 0.15) is 39.0 Å². The summed E-state index contributed by atoms with van der Waals surface area (Å²) in [6, 6.07) is 0.377. The first kappa shape index (κ1) is 20.0. The number of allylic oxidation sites excluding steroid dienone is 5. The van der Waals surface area contributed by atoms with Crippen molar-refractivity contribution >= 4 is 5.84 Å². The second-order valence-corrected chi connectivity index (χ2v) is 9.72. The summed E-state index contributed by atoms with van der Waals surface area (Å²) in [6.07, 6.45) is 21.9. The monoisotopic (exact) mass is 428 g/mol. The molecule has 6 rings (SSSR count). The summed E-state index contributed by atoms with van der Waals surface area (Å²) < 4.78 is 0. The van der Waals surface area contributed by atoms with E-state index in [1.165, 1.54) is 47.3 Å². The summed E-state index contributed by atoms with van der Waals surface area (Å²) in [6.45, 7) is 5.41. The molecule has 1 unspecified atom stereocenters. The number of hydrogen-bond donors (Lipinski definition) is 2. The molecule has 0 aromatic heterocycles. The molecule has 2 aliphatic carbocycles. The van der Waals surface area contributed by atoms with Gasteiger partial charge in [-0.25, -0.2) is 4.99 Å². The van der Waals surface area contributed by atoms with Crippen molar-refractivity contribution < 1.29 is 5.11 Å². The van der Waals surface area contributed by atoms with Gasteiger partial charge >= 0.3 is 0 Å². The summed E-state index contributed by atoms with van der Waals surface area (Å²) in [4.78, 5) is 9.91. The second-order valence-electron chi connectivity index (χ2n) is 9.72. The van der Waals surface area contributed by atoms with E-state index in [-0.39, 0.29) is 6.61 Å². The number of nitrogens with zero attached hydrogens (tertiary/aromatic N) is 3. The van der Waals surface area contributed by atoms with Crippen LogP contribution in [0.4, 0.5) is 0 Å². The van der Waals surface area contributed by atoms with Crippen LogP contribution in [-0.2, 0) is 0 Å². The lowest BCUT2D eigenvalue weighted by Crippen LogP contribution is -2.38. The van der Waals surface area contributed by atoms with E-state index < -0.39 is 0 Å². The Morgan fingerprint density at radius 3 is 2.62 bits per heavy atom. The normalized spacial score (nSPS) is 27.6. The first-order valence-electron chi connectivity index (χ1n) is 12.1. The molecular formula is C27H32N4O. The fourth-order valence-electron chi connectivity index (χ4n) is 5.47. The number of nitrogens with one attached hydrogen (secondary N) is 1. The molecule has 6 aliphatic rings. The average Bonchev–Trinajstić information content (AvgIpc) is 2.74. The molecule has 4 aliphatic heterocycles. The molecule has 4 heterocycles. The minimum atomic E-state index is 0.256. The van der Waals surface area contributed by atoms with Gasteiger partial charge in [0, 0.05) is 30.2 Å². The third kappa shape index (κ3) is 3.44. The van der Waals surface area contributed by atoms with Crippen molar-refractivity contribution in [3.05, 3.63) is 82.0 Å². The molecular weight excluding hydrogens is 396 g/mol. The molecule has 0 bridgehead atoms. The molecule has 0 aromatic carbocycles. The predicted octanol–water partition coefficient (Wildman–Crippen LogP) is 3.92. The summed E-state index contributed by atoms with van der Waals surface area (Å²) >= 11 is 0. The molecule has 5 heteroatoms. The van der Waals surface area contributed by atoms with Gasteiger partial charge in [0.15, 0.2) is 0 Å². The Balaban J connectivity index is 1.31. The molecule has 1 saturated carbocycles. The molecule has 0 spiro atoms. The van der Waals surface area contributed by atoms with Gasteiger partial charge in [0.25, 0.3) is 0 Å². The lowest BCUT2D eigenvalue weighted by molar-refractivity contribution is 0.157. The van der Waals surface area contributed by atoms with E-state index in [4.69, 9.17) is 4.99 Å². The molecule has 0 amide bonds. The SMILES string of the molecule is CC1=CC(C2CCN(CCO)CC2)=CN2C1=NC(C1=CC3=CNC3C=C1)=CC2=C1CCC1. The average molecular weight is 429 g/mol. The van der Waals surface area contributed by atoms with Crippen LogP contribution in [0, 0.1) is 5.92 Å². The van der Waals surface area contributed by atoms with Crippen LogP contribution in [0.3, 0.4) is 0 Å². The molecule has 166 valence electrons. The Labute approximate surface area is 190 Å². The highest BCUT2D eigenvalue weighted by molar-refractivity contribution is 6.03. The number of likely N-dealkylation sites (tertiary alicyclic amines) is 1. The Bertz CT molecular complexity index is 1070. The zero-order valence-corrected chi connectivity index (χ0v) is 18.8. The van der Waals surface area contributed by atoms with Gasteiger partial charge in [-0.2, -0.15) is 0 Å². The Morgan fingerprint density at radius 2 is 1.97 bits per heavy atom. The van der Waals surface area contributed by atoms with E-state index in [1.54, 1.807) is 5.57 Å². The van der Waals surface area contributed by atoms with Gasteiger partial charge in [-0.05, 0) is 92.5 Å². The summed E-state index contributed by atoms with van der Waals surface area (Å²) in [5, 5.41) is 12.6. The number of aliphatic imine (C=N–C) groups is 1. The van der Waals surface area contributed by atoms with Crippen molar-refractivity contribution in [3.8, 4) is 0 Å². The third-order valence-corrected chi connectivity index (χ3v) is 7.67. The Morgan fingerprint density at radius 1 is 1.12 bits per heavy atom.